The van der Waals surface area contributed by atoms with Gasteiger partial charge < -0.3 is 20.3 Å². The van der Waals surface area contributed by atoms with E-state index < -0.39 is 17.4 Å². The zero-order chi connectivity index (χ0) is 19.3. The number of carbonyl (C=O) groups is 2. The second kappa shape index (κ2) is 8.51. The van der Waals surface area contributed by atoms with Crippen molar-refractivity contribution in [1.29, 1.82) is 0 Å². The van der Waals surface area contributed by atoms with Gasteiger partial charge in [-0.2, -0.15) is 0 Å². The number of aliphatic carboxylic acids is 1. The largest absolute Gasteiger partial charge is 0.497 e. The van der Waals surface area contributed by atoms with E-state index >= 15 is 0 Å². The fourth-order valence-electron chi connectivity index (χ4n) is 3.85. The van der Waals surface area contributed by atoms with Crippen molar-refractivity contribution in [2.45, 2.75) is 37.8 Å². The Hall–Kier alpha value is -2.12. The van der Waals surface area contributed by atoms with Gasteiger partial charge in [0.25, 0.3) is 0 Å². The summed E-state index contributed by atoms with van der Waals surface area (Å²) in [6, 6.07) is 7.04. The predicted molar refractivity (Wildman–Crippen MR) is 97.0 cm³/mol. The van der Waals surface area contributed by atoms with Crippen LogP contribution in [0.15, 0.2) is 24.3 Å². The summed E-state index contributed by atoms with van der Waals surface area (Å²) in [4.78, 5) is 26.6. The molecule has 0 aliphatic carbocycles. The van der Waals surface area contributed by atoms with E-state index in [4.69, 9.17) is 9.84 Å². The number of carboxylic acids is 1. The highest BCUT2D eigenvalue weighted by Gasteiger charge is 2.56. The molecule has 2 rings (SSSR count). The van der Waals surface area contributed by atoms with Crippen molar-refractivity contribution < 1.29 is 24.5 Å². The van der Waals surface area contributed by atoms with Gasteiger partial charge in [0.15, 0.2) is 0 Å². The molecule has 1 heterocycles. The highest BCUT2D eigenvalue weighted by molar-refractivity contribution is 5.85. The fourth-order valence-corrected chi connectivity index (χ4v) is 3.85. The highest BCUT2D eigenvalue weighted by atomic mass is 16.5. The molecule has 7 nitrogen and oxygen atoms in total. The molecule has 1 aliphatic rings. The van der Waals surface area contributed by atoms with Crippen LogP contribution in [0.4, 0.5) is 0 Å². The minimum Gasteiger partial charge on any atom is -0.497 e. The first-order chi connectivity index (χ1) is 12.4. The number of hydrogen-bond acceptors (Lipinski definition) is 5. The lowest BCUT2D eigenvalue weighted by Gasteiger charge is -2.34. The molecular formula is C19H28N2O5. The van der Waals surface area contributed by atoms with Gasteiger partial charge in [0.2, 0.25) is 5.91 Å². The topological polar surface area (TPSA) is 99.1 Å². The van der Waals surface area contributed by atoms with E-state index in [9.17, 15) is 14.7 Å². The van der Waals surface area contributed by atoms with Gasteiger partial charge >= 0.3 is 5.97 Å². The summed E-state index contributed by atoms with van der Waals surface area (Å²) in [6.45, 7) is 2.21. The smallest absolute Gasteiger partial charge is 0.324 e. The Labute approximate surface area is 154 Å². The van der Waals surface area contributed by atoms with E-state index in [2.05, 4.69) is 5.32 Å². The maximum absolute atomic E-state index is 12.8. The van der Waals surface area contributed by atoms with Crippen molar-refractivity contribution in [1.82, 2.24) is 10.2 Å². The number of nitrogens with zero attached hydrogens (tertiary/aromatic N) is 1. The quantitative estimate of drug-likeness (QED) is 0.604. The summed E-state index contributed by atoms with van der Waals surface area (Å²) >= 11 is 0. The summed E-state index contributed by atoms with van der Waals surface area (Å²) in [6.07, 6.45) is 1.13. The fraction of sp³-hybridized carbons (Fsp3) is 0.579. The summed E-state index contributed by atoms with van der Waals surface area (Å²) in [5.41, 5.74) is -0.198. The molecule has 1 amide bonds. The van der Waals surface area contributed by atoms with E-state index in [-0.39, 0.29) is 25.0 Å². The Bertz CT molecular complexity index is 633. The first-order valence-electron chi connectivity index (χ1n) is 8.90. The van der Waals surface area contributed by atoms with Crippen LogP contribution in [0.2, 0.25) is 0 Å². The van der Waals surface area contributed by atoms with E-state index in [1.165, 1.54) is 0 Å². The Morgan fingerprint density at radius 3 is 2.50 bits per heavy atom. The second-order valence-electron chi connectivity index (χ2n) is 6.70. The van der Waals surface area contributed by atoms with Gasteiger partial charge in [0.05, 0.1) is 13.0 Å². The maximum atomic E-state index is 12.8. The van der Waals surface area contributed by atoms with Crippen LogP contribution in [0.5, 0.6) is 5.75 Å². The molecule has 0 spiro atoms. The van der Waals surface area contributed by atoms with Crippen LogP contribution in [-0.2, 0) is 9.59 Å². The van der Waals surface area contributed by atoms with Crippen LogP contribution in [0.25, 0.3) is 0 Å². The molecule has 1 aromatic rings. The van der Waals surface area contributed by atoms with Gasteiger partial charge in [-0.3, -0.25) is 14.5 Å². The van der Waals surface area contributed by atoms with E-state index in [0.29, 0.717) is 25.1 Å². The van der Waals surface area contributed by atoms with Crippen molar-refractivity contribution >= 4 is 11.9 Å². The van der Waals surface area contributed by atoms with Crippen molar-refractivity contribution in [2.75, 3.05) is 27.3 Å². The number of benzene rings is 1. The predicted octanol–water partition coefficient (Wildman–Crippen LogP) is 1.42. The minimum absolute atomic E-state index is 0.000775. The molecule has 0 aromatic heterocycles. The summed E-state index contributed by atoms with van der Waals surface area (Å²) in [7, 11) is 3.36. The number of carbonyl (C=O) groups excluding carboxylic acids is 1. The number of ether oxygens (including phenoxy) is 1. The zero-order valence-corrected chi connectivity index (χ0v) is 15.6. The Kier molecular flexibility index (Phi) is 6.61. The Morgan fingerprint density at radius 1 is 1.35 bits per heavy atom. The monoisotopic (exact) mass is 364 g/mol. The number of hydrogen-bond donors (Lipinski definition) is 3. The molecule has 1 aromatic carbocycles. The lowest BCUT2D eigenvalue weighted by Crippen LogP contribution is -2.48. The van der Waals surface area contributed by atoms with Crippen molar-refractivity contribution in [3.8, 4) is 5.75 Å². The number of methoxy groups -OCH3 is 1. The van der Waals surface area contributed by atoms with Crippen LogP contribution < -0.4 is 10.1 Å². The molecule has 3 atom stereocenters. The SMILES string of the molecule is CC[C@@]1(C(=O)O)C[C@H](C(=O)NCCCO)[C@H](c2ccc(OC)cc2)N1C. The number of nitrogens with one attached hydrogen (secondary N) is 1. The molecule has 0 unspecified atom stereocenters. The normalized spacial score (nSPS) is 25.8. The van der Waals surface area contributed by atoms with E-state index in [1.807, 2.05) is 36.1 Å². The van der Waals surface area contributed by atoms with Crippen molar-refractivity contribution in [3.05, 3.63) is 29.8 Å². The number of aliphatic hydroxyl groups is 1. The summed E-state index contributed by atoms with van der Waals surface area (Å²) in [5, 5.41) is 21.6. The number of likely N-dealkylation sites (tertiary alicyclic amines) is 1. The average Bonchev–Trinajstić information content (AvgIpc) is 2.95. The lowest BCUT2D eigenvalue weighted by atomic mass is 9.87. The molecule has 3 N–H and O–H groups in total. The Morgan fingerprint density at radius 2 is 2.00 bits per heavy atom. The summed E-state index contributed by atoms with van der Waals surface area (Å²) in [5.74, 6) is -0.865. The third-order valence-electron chi connectivity index (χ3n) is 5.44. The molecule has 1 aliphatic heterocycles. The highest BCUT2D eigenvalue weighted by Crippen LogP contribution is 2.47. The molecule has 144 valence electrons. The van der Waals surface area contributed by atoms with Crippen molar-refractivity contribution in [2.24, 2.45) is 5.92 Å². The number of aliphatic hydroxyl groups excluding tert-OH is 1. The molecule has 1 saturated heterocycles. The molecule has 0 saturated carbocycles. The van der Waals surface area contributed by atoms with Crippen LogP contribution in [0, 0.1) is 5.92 Å². The molecule has 0 radical (unpaired) electrons. The number of rotatable bonds is 8. The van der Waals surface area contributed by atoms with Crippen LogP contribution >= 0.6 is 0 Å². The van der Waals surface area contributed by atoms with Gasteiger partial charge in [0, 0.05) is 19.2 Å². The van der Waals surface area contributed by atoms with Gasteiger partial charge in [0.1, 0.15) is 11.3 Å². The third kappa shape index (κ3) is 3.68. The van der Waals surface area contributed by atoms with Gasteiger partial charge in [-0.15, -0.1) is 0 Å². The molecule has 0 bridgehead atoms. The van der Waals surface area contributed by atoms with Gasteiger partial charge in [-0.1, -0.05) is 19.1 Å². The van der Waals surface area contributed by atoms with Gasteiger partial charge in [-0.25, -0.2) is 0 Å². The van der Waals surface area contributed by atoms with Crippen molar-refractivity contribution in [3.63, 3.8) is 0 Å². The summed E-state index contributed by atoms with van der Waals surface area (Å²) < 4.78 is 5.19. The first-order valence-corrected chi connectivity index (χ1v) is 8.90. The van der Waals surface area contributed by atoms with Crippen LogP contribution in [-0.4, -0.2) is 59.8 Å². The lowest BCUT2D eigenvalue weighted by molar-refractivity contribution is -0.150. The molecule has 26 heavy (non-hydrogen) atoms. The van der Waals surface area contributed by atoms with Crippen LogP contribution in [0.1, 0.15) is 37.8 Å². The number of likely N-dealkylation sites (N-methyl/N-ethyl adjacent to an activating group) is 1. The van der Waals surface area contributed by atoms with Gasteiger partial charge in [-0.05, 0) is 44.0 Å². The molecular weight excluding hydrogens is 336 g/mol. The average molecular weight is 364 g/mol. The third-order valence-corrected chi connectivity index (χ3v) is 5.44. The molecule has 1 fully saturated rings. The zero-order valence-electron chi connectivity index (χ0n) is 15.6. The van der Waals surface area contributed by atoms with E-state index in [1.54, 1.807) is 14.2 Å². The maximum Gasteiger partial charge on any atom is 0.324 e. The van der Waals surface area contributed by atoms with Crippen LogP contribution in [0.3, 0.4) is 0 Å². The van der Waals surface area contributed by atoms with E-state index in [0.717, 1.165) is 5.56 Å². The standard InChI is InChI=1S/C19H28N2O5/c1-4-19(18(24)25)12-15(17(23)20-10-5-11-22)16(21(19)2)13-6-8-14(26-3)9-7-13/h6-9,15-16,22H,4-5,10-12H2,1-3H3,(H,20,23)(H,24,25)/t15-,16-,19-/m0/s1. The number of amides is 1. The second-order valence-corrected chi connectivity index (χ2v) is 6.70. The first kappa shape index (κ1) is 20.2. The minimum atomic E-state index is -1.08. The Balaban J connectivity index is 2.37. The molecule has 7 heteroatoms. The number of carboxylic acid groups (broad SMARTS) is 1.